The number of para-hydroxylation sites is 1. The maximum Gasteiger partial charge on any atom is 0.276 e. The number of halogens is 1. The minimum Gasteiger partial charge on any atom is -0.484 e. The van der Waals surface area contributed by atoms with Crippen LogP contribution in [0.25, 0.3) is 0 Å². The van der Waals surface area contributed by atoms with Crippen LogP contribution in [0.3, 0.4) is 0 Å². The van der Waals surface area contributed by atoms with Crippen LogP contribution in [0.4, 0.5) is 0 Å². The van der Waals surface area contributed by atoms with E-state index in [1.807, 2.05) is 25.1 Å². The Balaban J connectivity index is 1.65. The number of ether oxygens (including phenoxy) is 2. The molecule has 3 N–H and O–H groups in total. The van der Waals surface area contributed by atoms with Gasteiger partial charge in [0.2, 0.25) is 0 Å². The SMILES string of the molecule is Cc1cc(Br)ccc1OCC(=O)NNC(=S)NC(=O)COc1ccccc1. The average molecular weight is 452 g/mol. The normalized spacial score (nSPS) is 9.85. The van der Waals surface area contributed by atoms with Crippen LogP contribution in [0, 0.1) is 6.92 Å². The zero-order valence-corrected chi connectivity index (χ0v) is 16.9. The summed E-state index contributed by atoms with van der Waals surface area (Å²) in [6, 6.07) is 14.4. The quantitative estimate of drug-likeness (QED) is 0.460. The first-order chi connectivity index (χ1) is 12.9. The van der Waals surface area contributed by atoms with Crippen LogP contribution in [0.5, 0.6) is 11.5 Å². The predicted octanol–water partition coefficient (Wildman–Crippen LogP) is 2.24. The highest BCUT2D eigenvalue weighted by Crippen LogP contribution is 2.21. The molecule has 7 nitrogen and oxygen atoms in total. The summed E-state index contributed by atoms with van der Waals surface area (Å²) in [5.74, 6) is 0.268. The van der Waals surface area contributed by atoms with E-state index in [2.05, 4.69) is 32.1 Å². The zero-order chi connectivity index (χ0) is 19.6. The smallest absolute Gasteiger partial charge is 0.276 e. The molecule has 27 heavy (non-hydrogen) atoms. The standard InChI is InChI=1S/C18H18BrN3O4S/c1-12-9-13(19)7-8-15(12)26-11-17(24)21-22-18(27)20-16(23)10-25-14-5-3-2-4-6-14/h2-9H,10-11H2,1H3,(H,21,24)(H2,20,22,23,27). The van der Waals surface area contributed by atoms with Crippen LogP contribution < -0.4 is 25.6 Å². The fourth-order valence-electron chi connectivity index (χ4n) is 1.94. The Morgan fingerprint density at radius 2 is 1.70 bits per heavy atom. The number of thiocarbonyl (C=S) groups is 1. The summed E-state index contributed by atoms with van der Waals surface area (Å²) in [7, 11) is 0. The molecule has 142 valence electrons. The number of aryl methyl sites for hydroxylation is 1. The number of rotatable bonds is 6. The van der Waals surface area contributed by atoms with Crippen LogP contribution >= 0.6 is 28.1 Å². The Bertz CT molecular complexity index is 818. The van der Waals surface area contributed by atoms with Crippen LogP contribution in [-0.4, -0.2) is 30.1 Å². The molecule has 2 amide bonds. The van der Waals surface area contributed by atoms with Crippen molar-refractivity contribution in [2.75, 3.05) is 13.2 Å². The molecule has 0 bridgehead atoms. The molecule has 9 heteroatoms. The van der Waals surface area contributed by atoms with Crippen molar-refractivity contribution in [3.63, 3.8) is 0 Å². The van der Waals surface area contributed by atoms with Gasteiger partial charge in [0.15, 0.2) is 18.3 Å². The molecule has 0 aliphatic rings. The summed E-state index contributed by atoms with van der Waals surface area (Å²) in [5.41, 5.74) is 5.67. The number of amides is 2. The topological polar surface area (TPSA) is 88.7 Å². The fraction of sp³-hybridized carbons (Fsp3) is 0.167. The van der Waals surface area contributed by atoms with Gasteiger partial charge in [-0.25, -0.2) is 0 Å². The van der Waals surface area contributed by atoms with E-state index >= 15 is 0 Å². The van der Waals surface area contributed by atoms with Crippen LogP contribution in [0.2, 0.25) is 0 Å². The third kappa shape index (κ3) is 7.63. The van der Waals surface area contributed by atoms with Gasteiger partial charge >= 0.3 is 0 Å². The van der Waals surface area contributed by atoms with Gasteiger partial charge in [0.25, 0.3) is 11.8 Å². The van der Waals surface area contributed by atoms with Gasteiger partial charge < -0.3 is 9.47 Å². The van der Waals surface area contributed by atoms with E-state index in [0.717, 1.165) is 10.0 Å². The fourth-order valence-corrected chi connectivity index (χ4v) is 2.58. The summed E-state index contributed by atoms with van der Waals surface area (Å²) >= 11 is 8.29. The van der Waals surface area contributed by atoms with Gasteiger partial charge in [0.1, 0.15) is 11.5 Å². The molecular weight excluding hydrogens is 434 g/mol. The van der Waals surface area contributed by atoms with Crippen molar-refractivity contribution in [3.8, 4) is 11.5 Å². The summed E-state index contributed by atoms with van der Waals surface area (Å²) in [6.07, 6.45) is 0. The van der Waals surface area contributed by atoms with Crippen molar-refractivity contribution in [2.45, 2.75) is 6.92 Å². The molecule has 0 atom stereocenters. The molecule has 0 radical (unpaired) electrons. The molecule has 0 spiro atoms. The second kappa shape index (κ2) is 10.5. The second-order valence-electron chi connectivity index (χ2n) is 5.35. The maximum absolute atomic E-state index is 11.8. The maximum atomic E-state index is 11.8. The van der Waals surface area contributed by atoms with E-state index in [4.69, 9.17) is 21.7 Å². The molecule has 0 heterocycles. The number of nitrogens with one attached hydrogen (secondary N) is 3. The molecule has 0 saturated carbocycles. The second-order valence-corrected chi connectivity index (χ2v) is 6.67. The van der Waals surface area contributed by atoms with Crippen molar-refractivity contribution in [1.29, 1.82) is 0 Å². The molecule has 0 fully saturated rings. The number of carbonyl (C=O) groups is 2. The number of hydrazine groups is 1. The van der Waals surface area contributed by atoms with Crippen molar-refractivity contribution >= 4 is 45.1 Å². The van der Waals surface area contributed by atoms with Gasteiger partial charge in [0, 0.05) is 4.47 Å². The Kier molecular flexibility index (Phi) is 8.02. The zero-order valence-electron chi connectivity index (χ0n) is 14.5. The summed E-state index contributed by atoms with van der Waals surface area (Å²) < 4.78 is 11.6. The van der Waals surface area contributed by atoms with E-state index in [0.29, 0.717) is 11.5 Å². The Morgan fingerprint density at radius 3 is 2.41 bits per heavy atom. The van der Waals surface area contributed by atoms with Gasteiger partial charge in [-0.15, -0.1) is 0 Å². The van der Waals surface area contributed by atoms with Gasteiger partial charge in [-0.1, -0.05) is 34.1 Å². The van der Waals surface area contributed by atoms with Gasteiger partial charge in [-0.2, -0.15) is 0 Å². The van der Waals surface area contributed by atoms with Gasteiger partial charge in [0.05, 0.1) is 0 Å². The van der Waals surface area contributed by atoms with E-state index in [9.17, 15) is 9.59 Å². The molecule has 0 saturated heterocycles. The molecular formula is C18H18BrN3O4S. The number of hydrogen-bond acceptors (Lipinski definition) is 5. The minimum atomic E-state index is -0.452. The predicted molar refractivity (Wildman–Crippen MR) is 108 cm³/mol. The van der Waals surface area contributed by atoms with E-state index < -0.39 is 11.8 Å². The first kappa shape index (κ1) is 20.7. The lowest BCUT2D eigenvalue weighted by molar-refractivity contribution is -0.124. The summed E-state index contributed by atoms with van der Waals surface area (Å²) in [5, 5.41) is 2.34. The molecule has 0 aliphatic carbocycles. The number of benzene rings is 2. The van der Waals surface area contributed by atoms with E-state index in [-0.39, 0.29) is 18.3 Å². The van der Waals surface area contributed by atoms with Crippen molar-refractivity contribution in [2.24, 2.45) is 0 Å². The Labute approximate surface area is 170 Å². The number of carbonyl (C=O) groups excluding carboxylic acids is 2. The monoisotopic (exact) mass is 451 g/mol. The molecule has 0 unspecified atom stereocenters. The lowest BCUT2D eigenvalue weighted by Gasteiger charge is -2.12. The molecule has 0 aliphatic heterocycles. The summed E-state index contributed by atoms with van der Waals surface area (Å²) in [4.78, 5) is 23.5. The molecule has 2 aromatic carbocycles. The Hall–Kier alpha value is -2.65. The van der Waals surface area contributed by atoms with Crippen molar-refractivity contribution in [1.82, 2.24) is 16.2 Å². The lowest BCUT2D eigenvalue weighted by atomic mass is 10.2. The average Bonchev–Trinajstić information content (AvgIpc) is 2.65. The molecule has 2 aromatic rings. The van der Waals surface area contributed by atoms with Crippen LogP contribution in [0.15, 0.2) is 53.0 Å². The van der Waals surface area contributed by atoms with E-state index in [1.165, 1.54) is 0 Å². The highest BCUT2D eigenvalue weighted by molar-refractivity contribution is 9.10. The third-order valence-corrected chi connectivity index (χ3v) is 3.87. The highest BCUT2D eigenvalue weighted by Gasteiger charge is 2.08. The third-order valence-electron chi connectivity index (χ3n) is 3.18. The lowest BCUT2D eigenvalue weighted by Crippen LogP contribution is -2.50. The highest BCUT2D eigenvalue weighted by atomic mass is 79.9. The van der Waals surface area contributed by atoms with Gasteiger partial charge in [-0.3, -0.25) is 25.8 Å². The largest absolute Gasteiger partial charge is 0.484 e. The molecule has 0 aromatic heterocycles. The Morgan fingerprint density at radius 1 is 1.00 bits per heavy atom. The number of hydrogen-bond donors (Lipinski definition) is 3. The van der Waals surface area contributed by atoms with Crippen molar-refractivity contribution in [3.05, 3.63) is 58.6 Å². The first-order valence-electron chi connectivity index (χ1n) is 7.89. The van der Waals surface area contributed by atoms with Gasteiger partial charge in [-0.05, 0) is 55.0 Å². The van der Waals surface area contributed by atoms with Crippen molar-refractivity contribution < 1.29 is 19.1 Å². The summed E-state index contributed by atoms with van der Waals surface area (Å²) in [6.45, 7) is 1.47. The minimum absolute atomic E-state index is 0.0511. The molecule has 2 rings (SSSR count). The van der Waals surface area contributed by atoms with E-state index in [1.54, 1.807) is 30.3 Å². The first-order valence-corrected chi connectivity index (χ1v) is 9.09. The van der Waals surface area contributed by atoms with Crippen LogP contribution in [-0.2, 0) is 9.59 Å². The van der Waals surface area contributed by atoms with Crippen LogP contribution in [0.1, 0.15) is 5.56 Å².